The molecular formula is C23H24Cl2N2S. The second-order valence-electron chi connectivity index (χ2n) is 7.08. The van der Waals surface area contributed by atoms with Gasteiger partial charge in [-0.15, -0.1) is 23.2 Å². The van der Waals surface area contributed by atoms with E-state index in [2.05, 4.69) is 71.3 Å². The third kappa shape index (κ3) is 3.99. The van der Waals surface area contributed by atoms with Crippen molar-refractivity contribution in [3.05, 3.63) is 60.2 Å². The van der Waals surface area contributed by atoms with Gasteiger partial charge >= 0.3 is 0 Å². The Kier molecular flexibility index (Phi) is 6.37. The zero-order valence-corrected chi connectivity index (χ0v) is 18.3. The molecule has 1 aliphatic heterocycles. The van der Waals surface area contributed by atoms with Gasteiger partial charge in [-0.25, -0.2) is 0 Å². The average Bonchev–Trinajstić information content (AvgIpc) is 2.71. The van der Waals surface area contributed by atoms with Crippen LogP contribution in [0.2, 0.25) is 0 Å². The Morgan fingerprint density at radius 1 is 0.893 bits per heavy atom. The van der Waals surface area contributed by atoms with Gasteiger partial charge in [0.15, 0.2) is 0 Å². The van der Waals surface area contributed by atoms with Gasteiger partial charge in [-0.3, -0.25) is 4.90 Å². The number of anilines is 2. The topological polar surface area (TPSA) is 6.48 Å². The van der Waals surface area contributed by atoms with E-state index in [0.29, 0.717) is 11.8 Å². The Hall–Kier alpha value is -1.39. The highest BCUT2D eigenvalue weighted by molar-refractivity contribution is 7.99. The van der Waals surface area contributed by atoms with Crippen molar-refractivity contribution in [3.8, 4) is 0 Å². The monoisotopic (exact) mass is 430 g/mol. The molecule has 0 radical (unpaired) electrons. The molecule has 3 aromatic rings. The normalized spacial score (nSPS) is 13.1. The minimum absolute atomic E-state index is 0.627. The zero-order chi connectivity index (χ0) is 19.5. The Balaban J connectivity index is 1.76. The Morgan fingerprint density at radius 3 is 2.46 bits per heavy atom. The van der Waals surface area contributed by atoms with E-state index in [1.807, 2.05) is 11.8 Å². The molecule has 0 aliphatic carbocycles. The summed E-state index contributed by atoms with van der Waals surface area (Å²) in [5.74, 6) is 1.25. The van der Waals surface area contributed by atoms with Gasteiger partial charge in [-0.1, -0.05) is 48.2 Å². The smallest absolute Gasteiger partial charge is 0.0632 e. The van der Waals surface area contributed by atoms with Crippen LogP contribution in [0.4, 0.5) is 11.4 Å². The summed E-state index contributed by atoms with van der Waals surface area (Å²) < 4.78 is 0. The fourth-order valence-electron chi connectivity index (χ4n) is 3.81. The molecule has 0 spiro atoms. The maximum absolute atomic E-state index is 6.01. The van der Waals surface area contributed by atoms with Crippen molar-refractivity contribution in [2.75, 3.05) is 42.8 Å². The van der Waals surface area contributed by atoms with E-state index in [4.69, 9.17) is 23.2 Å². The molecule has 146 valence electrons. The number of rotatable bonds is 7. The van der Waals surface area contributed by atoms with Gasteiger partial charge in [0.1, 0.15) is 0 Å². The molecule has 4 rings (SSSR count). The lowest BCUT2D eigenvalue weighted by Gasteiger charge is -2.35. The summed E-state index contributed by atoms with van der Waals surface area (Å²) in [6.45, 7) is 5.72. The molecule has 0 saturated carbocycles. The molecule has 0 aromatic heterocycles. The first-order valence-electron chi connectivity index (χ1n) is 9.63. The van der Waals surface area contributed by atoms with Crippen molar-refractivity contribution < 1.29 is 0 Å². The number of hydrogen-bond donors (Lipinski definition) is 0. The van der Waals surface area contributed by atoms with Crippen molar-refractivity contribution in [2.45, 2.75) is 16.7 Å². The summed E-state index contributed by atoms with van der Waals surface area (Å²) in [6, 6.07) is 19.9. The van der Waals surface area contributed by atoms with Gasteiger partial charge < -0.3 is 4.90 Å². The minimum Gasteiger partial charge on any atom is -0.338 e. The highest BCUT2D eigenvalue weighted by atomic mass is 35.5. The van der Waals surface area contributed by atoms with Crippen LogP contribution < -0.4 is 4.90 Å². The number of hydrogen-bond acceptors (Lipinski definition) is 3. The van der Waals surface area contributed by atoms with Gasteiger partial charge in [0, 0.05) is 53.1 Å². The summed E-state index contributed by atoms with van der Waals surface area (Å²) in [5, 5.41) is 2.58. The van der Waals surface area contributed by atoms with E-state index in [0.717, 1.165) is 26.2 Å². The number of benzene rings is 3. The molecule has 0 fully saturated rings. The van der Waals surface area contributed by atoms with Crippen molar-refractivity contribution in [1.82, 2.24) is 4.90 Å². The highest BCUT2D eigenvalue weighted by Crippen LogP contribution is 2.50. The number of nitrogens with zero attached hydrogens (tertiary/aromatic N) is 2. The summed E-state index contributed by atoms with van der Waals surface area (Å²) >= 11 is 13.9. The fraction of sp³-hybridized carbons (Fsp3) is 0.304. The van der Waals surface area contributed by atoms with Crippen LogP contribution in [-0.2, 0) is 0 Å². The second kappa shape index (κ2) is 8.96. The van der Waals surface area contributed by atoms with Crippen LogP contribution >= 0.6 is 35.0 Å². The zero-order valence-electron chi connectivity index (χ0n) is 16.0. The lowest BCUT2D eigenvalue weighted by atomic mass is 10.1. The molecule has 0 saturated heterocycles. The lowest BCUT2D eigenvalue weighted by molar-refractivity contribution is 0.315. The summed E-state index contributed by atoms with van der Waals surface area (Å²) in [7, 11) is 0. The van der Waals surface area contributed by atoms with E-state index >= 15 is 0 Å². The Bertz CT molecular complexity index is 970. The van der Waals surface area contributed by atoms with E-state index < -0.39 is 0 Å². The summed E-state index contributed by atoms with van der Waals surface area (Å²) in [4.78, 5) is 7.47. The van der Waals surface area contributed by atoms with Crippen molar-refractivity contribution >= 4 is 57.1 Å². The first-order chi connectivity index (χ1) is 13.7. The maximum Gasteiger partial charge on any atom is 0.0632 e. The molecule has 1 heterocycles. The first kappa shape index (κ1) is 19.9. The number of aryl methyl sites for hydroxylation is 1. The molecular weight excluding hydrogens is 407 g/mol. The molecule has 5 heteroatoms. The molecule has 0 N–H and O–H groups in total. The predicted octanol–water partition coefficient (Wildman–Crippen LogP) is 6.53. The second-order valence-corrected chi connectivity index (χ2v) is 8.92. The van der Waals surface area contributed by atoms with Gasteiger partial charge in [-0.2, -0.15) is 0 Å². The standard InChI is InChI=1S/C23H24Cl2N2S/c1-17-6-8-20-22(16-17)28-21-9-7-18-4-2-3-5-19(18)23(21)27(20)15-14-26(12-10-24)13-11-25/h2-9,16H,10-15H2,1H3. The molecule has 0 unspecified atom stereocenters. The van der Waals surface area contributed by atoms with Crippen molar-refractivity contribution in [3.63, 3.8) is 0 Å². The Morgan fingerprint density at radius 2 is 1.68 bits per heavy atom. The van der Waals surface area contributed by atoms with Crippen LogP contribution in [0.1, 0.15) is 5.56 Å². The quantitative estimate of drug-likeness (QED) is 0.393. The highest BCUT2D eigenvalue weighted by Gasteiger charge is 2.25. The van der Waals surface area contributed by atoms with Crippen LogP contribution in [0.3, 0.4) is 0 Å². The molecule has 2 nitrogen and oxygen atoms in total. The van der Waals surface area contributed by atoms with Gasteiger partial charge in [0.2, 0.25) is 0 Å². The molecule has 0 atom stereocenters. The average molecular weight is 431 g/mol. The van der Waals surface area contributed by atoms with E-state index in [1.54, 1.807) is 0 Å². The number of halogens is 2. The summed E-state index contributed by atoms with van der Waals surface area (Å²) in [5.41, 5.74) is 3.90. The SMILES string of the molecule is Cc1ccc2c(c1)Sc1ccc3ccccc3c1N2CCN(CCCl)CCCl. The molecule has 28 heavy (non-hydrogen) atoms. The van der Waals surface area contributed by atoms with Gasteiger partial charge in [0.25, 0.3) is 0 Å². The van der Waals surface area contributed by atoms with E-state index in [1.165, 1.54) is 37.5 Å². The van der Waals surface area contributed by atoms with Crippen LogP contribution in [0.5, 0.6) is 0 Å². The molecule has 0 bridgehead atoms. The van der Waals surface area contributed by atoms with Crippen LogP contribution in [0.25, 0.3) is 10.8 Å². The van der Waals surface area contributed by atoms with Crippen molar-refractivity contribution in [2.24, 2.45) is 0 Å². The fourth-order valence-corrected chi connectivity index (χ4v) is 5.50. The molecule has 3 aromatic carbocycles. The van der Waals surface area contributed by atoms with E-state index in [9.17, 15) is 0 Å². The van der Waals surface area contributed by atoms with Gasteiger partial charge in [-0.05, 0) is 36.1 Å². The van der Waals surface area contributed by atoms with Crippen LogP contribution in [0.15, 0.2) is 64.4 Å². The minimum atomic E-state index is 0.627. The third-order valence-corrected chi connectivity index (χ3v) is 6.64. The third-order valence-electron chi connectivity index (χ3n) is 5.20. The number of alkyl halides is 2. The largest absolute Gasteiger partial charge is 0.338 e. The van der Waals surface area contributed by atoms with Crippen LogP contribution in [0, 0.1) is 6.92 Å². The predicted molar refractivity (Wildman–Crippen MR) is 124 cm³/mol. The first-order valence-corrected chi connectivity index (χ1v) is 11.5. The molecule has 0 amide bonds. The number of fused-ring (bicyclic) bond motifs is 4. The van der Waals surface area contributed by atoms with Crippen molar-refractivity contribution in [1.29, 1.82) is 0 Å². The Labute approximate surface area is 181 Å². The lowest BCUT2D eigenvalue weighted by Crippen LogP contribution is -2.36. The van der Waals surface area contributed by atoms with E-state index in [-0.39, 0.29) is 0 Å². The summed E-state index contributed by atoms with van der Waals surface area (Å²) in [6.07, 6.45) is 0. The maximum atomic E-state index is 6.01. The van der Waals surface area contributed by atoms with Gasteiger partial charge in [0.05, 0.1) is 11.4 Å². The molecule has 1 aliphatic rings. The van der Waals surface area contributed by atoms with Crippen LogP contribution in [-0.4, -0.2) is 42.8 Å².